The molecule has 94 valence electrons. The number of nitrogens with one attached hydrogen (secondary N) is 1. The van der Waals surface area contributed by atoms with E-state index in [1.165, 1.54) is 12.1 Å². The van der Waals surface area contributed by atoms with Gasteiger partial charge in [0.15, 0.2) is 0 Å². The van der Waals surface area contributed by atoms with E-state index in [2.05, 4.69) is 13.8 Å². The number of benzene rings is 1. The van der Waals surface area contributed by atoms with Crippen molar-refractivity contribution in [2.24, 2.45) is 11.7 Å². The van der Waals surface area contributed by atoms with Gasteiger partial charge in [0, 0.05) is 24.8 Å². The van der Waals surface area contributed by atoms with E-state index in [0.717, 1.165) is 18.7 Å². The smallest absolute Gasteiger partial charge is 0.125 e. The largest absolute Gasteiger partial charge is 0.384 e. The Morgan fingerprint density at radius 3 is 2.71 bits per heavy atom. The van der Waals surface area contributed by atoms with Crippen LogP contribution in [-0.4, -0.2) is 19.4 Å². The number of hydrogen-bond donors (Lipinski definition) is 2. The highest BCUT2D eigenvalue weighted by atomic mass is 19.1. The third-order valence-electron chi connectivity index (χ3n) is 2.94. The van der Waals surface area contributed by atoms with Crippen molar-refractivity contribution < 1.29 is 4.39 Å². The van der Waals surface area contributed by atoms with Gasteiger partial charge in [-0.1, -0.05) is 20.3 Å². The number of amidine groups is 1. The van der Waals surface area contributed by atoms with Crippen LogP contribution in [0.1, 0.15) is 25.8 Å². The van der Waals surface area contributed by atoms with E-state index in [4.69, 9.17) is 11.1 Å². The van der Waals surface area contributed by atoms with Gasteiger partial charge in [0.2, 0.25) is 0 Å². The fourth-order valence-corrected chi connectivity index (χ4v) is 1.75. The van der Waals surface area contributed by atoms with Gasteiger partial charge in [0.25, 0.3) is 0 Å². The first-order chi connectivity index (χ1) is 7.95. The van der Waals surface area contributed by atoms with Gasteiger partial charge < -0.3 is 10.6 Å². The lowest BCUT2D eigenvalue weighted by Crippen LogP contribution is -2.26. The van der Waals surface area contributed by atoms with Crippen LogP contribution in [0.2, 0.25) is 0 Å². The van der Waals surface area contributed by atoms with Crippen molar-refractivity contribution in [3.05, 3.63) is 29.6 Å². The van der Waals surface area contributed by atoms with Gasteiger partial charge in [0.05, 0.1) is 0 Å². The molecule has 1 aromatic carbocycles. The second kappa shape index (κ2) is 5.66. The Balaban J connectivity index is 3.00. The number of nitrogens with two attached hydrogens (primary N) is 1. The van der Waals surface area contributed by atoms with Crippen LogP contribution in [0.15, 0.2) is 18.2 Å². The van der Waals surface area contributed by atoms with Gasteiger partial charge in [-0.05, 0) is 24.1 Å². The molecule has 0 spiro atoms. The van der Waals surface area contributed by atoms with Gasteiger partial charge in [-0.25, -0.2) is 4.39 Å². The summed E-state index contributed by atoms with van der Waals surface area (Å²) in [6.07, 6.45) is 1.08. The average molecular weight is 237 g/mol. The summed E-state index contributed by atoms with van der Waals surface area (Å²) in [5.74, 6) is 0.0799. The van der Waals surface area contributed by atoms with Crippen LogP contribution in [0.25, 0.3) is 0 Å². The zero-order chi connectivity index (χ0) is 13.0. The number of nitrogen functional groups attached to an aromatic ring is 1. The Morgan fingerprint density at radius 2 is 2.18 bits per heavy atom. The Bertz CT molecular complexity index is 404. The molecule has 1 unspecified atom stereocenters. The lowest BCUT2D eigenvalue weighted by Gasteiger charge is -2.25. The second-order valence-corrected chi connectivity index (χ2v) is 4.47. The van der Waals surface area contributed by atoms with E-state index in [-0.39, 0.29) is 11.7 Å². The molecule has 0 bridgehead atoms. The van der Waals surface area contributed by atoms with E-state index in [1.807, 2.05) is 11.9 Å². The molecule has 0 aliphatic rings. The molecule has 3 nitrogen and oxygen atoms in total. The Labute approximate surface area is 102 Å². The minimum absolute atomic E-state index is 0.101. The molecule has 0 saturated heterocycles. The van der Waals surface area contributed by atoms with Gasteiger partial charge in [-0.2, -0.15) is 0 Å². The van der Waals surface area contributed by atoms with E-state index >= 15 is 0 Å². The van der Waals surface area contributed by atoms with Crippen molar-refractivity contribution in [1.29, 1.82) is 5.41 Å². The number of nitrogens with zero attached hydrogens (tertiary/aromatic N) is 1. The minimum Gasteiger partial charge on any atom is -0.384 e. The van der Waals surface area contributed by atoms with E-state index < -0.39 is 0 Å². The van der Waals surface area contributed by atoms with Gasteiger partial charge >= 0.3 is 0 Å². The van der Waals surface area contributed by atoms with Crippen molar-refractivity contribution >= 4 is 11.5 Å². The van der Waals surface area contributed by atoms with Gasteiger partial charge in [-0.3, -0.25) is 5.41 Å². The summed E-state index contributed by atoms with van der Waals surface area (Å²) in [5.41, 5.74) is 6.73. The maximum absolute atomic E-state index is 13.1. The zero-order valence-corrected chi connectivity index (χ0v) is 10.6. The number of anilines is 1. The molecule has 0 aliphatic heterocycles. The quantitative estimate of drug-likeness (QED) is 0.611. The topological polar surface area (TPSA) is 53.1 Å². The monoisotopic (exact) mass is 237 g/mol. The number of hydrogen-bond acceptors (Lipinski definition) is 2. The Hall–Kier alpha value is -1.58. The fraction of sp³-hybridized carbons (Fsp3) is 0.462. The summed E-state index contributed by atoms with van der Waals surface area (Å²) in [7, 11) is 1.94. The molecular weight excluding hydrogens is 217 g/mol. The maximum atomic E-state index is 13.1. The Morgan fingerprint density at radius 1 is 1.53 bits per heavy atom. The molecule has 0 heterocycles. The third kappa shape index (κ3) is 3.44. The predicted octanol–water partition coefficient (Wildman–Crippen LogP) is 2.59. The molecule has 1 rings (SSSR count). The molecule has 1 atom stereocenters. The molecule has 3 N–H and O–H groups in total. The molecule has 0 radical (unpaired) electrons. The predicted molar refractivity (Wildman–Crippen MR) is 70.1 cm³/mol. The third-order valence-corrected chi connectivity index (χ3v) is 2.94. The van der Waals surface area contributed by atoms with Crippen LogP contribution in [0.4, 0.5) is 10.1 Å². The van der Waals surface area contributed by atoms with E-state index in [9.17, 15) is 4.39 Å². The van der Waals surface area contributed by atoms with Crippen LogP contribution in [0, 0.1) is 17.1 Å². The molecule has 0 amide bonds. The molecule has 1 aromatic rings. The van der Waals surface area contributed by atoms with Crippen molar-refractivity contribution in [2.45, 2.75) is 20.3 Å². The normalized spacial score (nSPS) is 12.2. The van der Waals surface area contributed by atoms with Crippen LogP contribution in [-0.2, 0) is 0 Å². The van der Waals surface area contributed by atoms with E-state index in [1.54, 1.807) is 6.07 Å². The first-order valence-electron chi connectivity index (χ1n) is 5.80. The van der Waals surface area contributed by atoms with E-state index in [0.29, 0.717) is 11.5 Å². The lowest BCUT2D eigenvalue weighted by molar-refractivity contribution is 0.559. The highest BCUT2D eigenvalue weighted by Crippen LogP contribution is 2.21. The second-order valence-electron chi connectivity index (χ2n) is 4.47. The summed E-state index contributed by atoms with van der Waals surface area (Å²) in [6.45, 7) is 5.16. The van der Waals surface area contributed by atoms with Crippen molar-refractivity contribution in [3.8, 4) is 0 Å². The summed E-state index contributed by atoms with van der Waals surface area (Å²) in [5, 5.41) is 7.48. The van der Waals surface area contributed by atoms with Crippen molar-refractivity contribution in [1.82, 2.24) is 0 Å². The first-order valence-corrected chi connectivity index (χ1v) is 5.80. The maximum Gasteiger partial charge on any atom is 0.125 e. The summed E-state index contributed by atoms with van der Waals surface area (Å²) >= 11 is 0. The Kier molecular flexibility index (Phi) is 4.49. The van der Waals surface area contributed by atoms with Gasteiger partial charge in [0.1, 0.15) is 11.7 Å². The minimum atomic E-state index is -0.365. The molecule has 0 saturated carbocycles. The fourth-order valence-electron chi connectivity index (χ4n) is 1.75. The average Bonchev–Trinajstić information content (AvgIpc) is 2.28. The summed E-state index contributed by atoms with van der Waals surface area (Å²) in [4.78, 5) is 2.02. The number of rotatable bonds is 5. The van der Waals surface area contributed by atoms with Crippen molar-refractivity contribution in [2.75, 3.05) is 18.5 Å². The lowest BCUT2D eigenvalue weighted by atomic mass is 10.1. The highest BCUT2D eigenvalue weighted by Gasteiger charge is 2.12. The standard InChI is InChI=1S/C13H20FN3/c1-4-9(2)8-17(3)12-6-5-10(14)7-11(12)13(15)16/h5-7,9H,4,8H2,1-3H3,(H3,15,16). The summed E-state index contributed by atoms with van der Waals surface area (Å²) in [6, 6.07) is 4.38. The molecule has 0 aromatic heterocycles. The van der Waals surface area contributed by atoms with Gasteiger partial charge in [-0.15, -0.1) is 0 Å². The summed E-state index contributed by atoms with van der Waals surface area (Å²) < 4.78 is 13.1. The van der Waals surface area contributed by atoms with Crippen LogP contribution >= 0.6 is 0 Å². The number of halogens is 1. The van der Waals surface area contributed by atoms with Crippen LogP contribution in [0.5, 0.6) is 0 Å². The molecular formula is C13H20FN3. The molecule has 0 fully saturated rings. The van der Waals surface area contributed by atoms with Crippen LogP contribution < -0.4 is 10.6 Å². The van der Waals surface area contributed by atoms with Crippen molar-refractivity contribution in [3.63, 3.8) is 0 Å². The molecule has 17 heavy (non-hydrogen) atoms. The molecule has 0 aliphatic carbocycles. The SMILES string of the molecule is CCC(C)CN(C)c1ccc(F)cc1C(=N)N. The first kappa shape index (κ1) is 13.5. The zero-order valence-electron chi connectivity index (χ0n) is 10.6. The highest BCUT2D eigenvalue weighted by molar-refractivity contribution is 6.00. The molecule has 4 heteroatoms. The van der Waals surface area contributed by atoms with Crippen LogP contribution in [0.3, 0.4) is 0 Å².